The van der Waals surface area contributed by atoms with Gasteiger partial charge in [-0.05, 0) is 42.7 Å². The Balaban J connectivity index is 1.58. The zero-order chi connectivity index (χ0) is 17.1. The van der Waals surface area contributed by atoms with Crippen molar-refractivity contribution in [1.82, 2.24) is 14.8 Å². The van der Waals surface area contributed by atoms with Gasteiger partial charge in [-0.2, -0.15) is 0 Å². The van der Waals surface area contributed by atoms with E-state index < -0.39 is 0 Å². The Hall–Kier alpha value is -2.18. The maximum atomic E-state index is 12.9. The molecule has 0 unspecified atom stereocenters. The third-order valence-electron chi connectivity index (χ3n) is 5.21. The molecule has 2 aromatic heterocycles. The van der Waals surface area contributed by atoms with Gasteiger partial charge < -0.3 is 14.1 Å². The van der Waals surface area contributed by atoms with E-state index in [1.54, 1.807) is 18.4 Å². The molecule has 2 aliphatic heterocycles. The average molecular weight is 341 g/mol. The number of pyridine rings is 1. The molecule has 6 nitrogen and oxygen atoms in total. The van der Waals surface area contributed by atoms with Crippen molar-refractivity contribution >= 4 is 5.91 Å². The molecule has 4 rings (SSSR count). The summed E-state index contributed by atoms with van der Waals surface area (Å²) in [4.78, 5) is 21.5. The Labute approximate surface area is 147 Å². The number of furan rings is 1. The van der Waals surface area contributed by atoms with Gasteiger partial charge in [0.05, 0.1) is 25.5 Å². The molecule has 0 N–H and O–H groups in total. The molecule has 0 radical (unpaired) electrons. The lowest BCUT2D eigenvalue weighted by Gasteiger charge is -2.37. The molecule has 2 aromatic rings. The van der Waals surface area contributed by atoms with Crippen molar-refractivity contribution in [2.24, 2.45) is 0 Å². The first-order valence-corrected chi connectivity index (χ1v) is 8.88. The van der Waals surface area contributed by atoms with Crippen molar-refractivity contribution < 1.29 is 13.9 Å². The number of amides is 1. The highest BCUT2D eigenvalue weighted by atomic mass is 16.5. The van der Waals surface area contributed by atoms with Crippen molar-refractivity contribution in [2.75, 3.05) is 32.8 Å². The van der Waals surface area contributed by atoms with Crippen LogP contribution < -0.4 is 0 Å². The van der Waals surface area contributed by atoms with Gasteiger partial charge in [-0.3, -0.25) is 14.7 Å². The molecule has 0 saturated carbocycles. The Morgan fingerprint density at radius 3 is 2.68 bits per heavy atom. The second kappa shape index (κ2) is 7.37. The van der Waals surface area contributed by atoms with Crippen molar-refractivity contribution in [3.05, 3.63) is 54.2 Å². The van der Waals surface area contributed by atoms with Crippen LogP contribution in [-0.4, -0.2) is 65.6 Å². The van der Waals surface area contributed by atoms with Crippen LogP contribution in [0, 0.1) is 0 Å². The highest BCUT2D eigenvalue weighted by Crippen LogP contribution is 2.28. The summed E-state index contributed by atoms with van der Waals surface area (Å²) in [5.41, 5.74) is 1.21. The normalized spacial score (nSPS) is 24.6. The number of hydrogen-bond donors (Lipinski definition) is 0. The molecule has 25 heavy (non-hydrogen) atoms. The first kappa shape index (κ1) is 16.3. The maximum Gasteiger partial charge on any atom is 0.289 e. The van der Waals surface area contributed by atoms with E-state index in [0.717, 1.165) is 45.7 Å². The number of aromatic nitrogens is 1. The lowest BCUT2D eigenvalue weighted by Crippen LogP contribution is -2.51. The first-order chi connectivity index (χ1) is 12.3. The van der Waals surface area contributed by atoms with Gasteiger partial charge in [-0.1, -0.05) is 0 Å². The molecule has 2 fully saturated rings. The van der Waals surface area contributed by atoms with Crippen molar-refractivity contribution in [1.29, 1.82) is 0 Å². The van der Waals surface area contributed by atoms with Gasteiger partial charge in [0.1, 0.15) is 0 Å². The van der Waals surface area contributed by atoms with E-state index in [0.29, 0.717) is 11.8 Å². The predicted molar refractivity (Wildman–Crippen MR) is 92.3 cm³/mol. The van der Waals surface area contributed by atoms with Crippen LogP contribution in [0.4, 0.5) is 0 Å². The summed E-state index contributed by atoms with van der Waals surface area (Å²) < 4.78 is 10.9. The minimum Gasteiger partial charge on any atom is -0.459 e. The summed E-state index contributed by atoms with van der Waals surface area (Å²) in [5, 5.41) is 0. The average Bonchev–Trinajstić information content (AvgIpc) is 3.33. The Kier molecular flexibility index (Phi) is 4.81. The minimum absolute atomic E-state index is 0.0141. The number of morpholine rings is 1. The largest absolute Gasteiger partial charge is 0.459 e. The van der Waals surface area contributed by atoms with Crippen LogP contribution >= 0.6 is 0 Å². The minimum atomic E-state index is -0.0141. The molecule has 132 valence electrons. The fourth-order valence-corrected chi connectivity index (χ4v) is 3.97. The van der Waals surface area contributed by atoms with Gasteiger partial charge in [0, 0.05) is 38.1 Å². The standard InChI is InChI=1S/C19H23N3O3/c23-19(18-2-1-11-25-18)22-8-5-16(21-9-12-24-13-10-21)17(22)14-15-3-6-20-7-4-15/h1-4,6-7,11,16-17H,5,8-10,12-14H2/t16-,17+/m1/s1. The molecule has 2 saturated heterocycles. The zero-order valence-corrected chi connectivity index (χ0v) is 14.2. The summed E-state index contributed by atoms with van der Waals surface area (Å²) in [6, 6.07) is 8.07. The quantitative estimate of drug-likeness (QED) is 0.849. The first-order valence-electron chi connectivity index (χ1n) is 8.88. The Morgan fingerprint density at radius 1 is 1.16 bits per heavy atom. The van der Waals surface area contributed by atoms with E-state index in [1.807, 2.05) is 29.4 Å². The van der Waals surface area contributed by atoms with Crippen LogP contribution in [0.25, 0.3) is 0 Å². The third kappa shape index (κ3) is 3.45. The number of carbonyl (C=O) groups is 1. The monoisotopic (exact) mass is 341 g/mol. The number of rotatable bonds is 4. The lowest BCUT2D eigenvalue weighted by atomic mass is 9.99. The van der Waals surface area contributed by atoms with E-state index in [4.69, 9.17) is 9.15 Å². The number of nitrogens with zero attached hydrogens (tertiary/aromatic N) is 3. The van der Waals surface area contributed by atoms with Crippen molar-refractivity contribution in [3.8, 4) is 0 Å². The second-order valence-corrected chi connectivity index (χ2v) is 6.61. The van der Waals surface area contributed by atoms with Gasteiger partial charge in [-0.15, -0.1) is 0 Å². The Bertz CT molecular complexity index is 683. The van der Waals surface area contributed by atoms with Gasteiger partial charge >= 0.3 is 0 Å². The molecular formula is C19H23N3O3. The SMILES string of the molecule is O=C(c1ccco1)N1CC[C@@H](N2CCOCC2)[C@@H]1Cc1ccncc1. The summed E-state index contributed by atoms with van der Waals surface area (Å²) in [6.07, 6.45) is 7.00. The van der Waals surface area contributed by atoms with Gasteiger partial charge in [-0.25, -0.2) is 0 Å². The molecule has 0 bridgehead atoms. The lowest BCUT2D eigenvalue weighted by molar-refractivity contribution is 0.00840. The fourth-order valence-electron chi connectivity index (χ4n) is 3.97. The van der Waals surface area contributed by atoms with E-state index >= 15 is 0 Å². The number of carbonyl (C=O) groups excluding carboxylic acids is 1. The second-order valence-electron chi connectivity index (χ2n) is 6.61. The predicted octanol–water partition coefficient (Wildman–Crippen LogP) is 1.83. The van der Waals surface area contributed by atoms with Crippen LogP contribution in [-0.2, 0) is 11.2 Å². The van der Waals surface area contributed by atoms with E-state index in [-0.39, 0.29) is 11.9 Å². The molecule has 6 heteroatoms. The zero-order valence-electron chi connectivity index (χ0n) is 14.2. The van der Waals surface area contributed by atoms with Gasteiger partial charge in [0.15, 0.2) is 5.76 Å². The van der Waals surface area contributed by atoms with E-state index in [2.05, 4.69) is 9.88 Å². The smallest absolute Gasteiger partial charge is 0.289 e. The van der Waals surface area contributed by atoms with Crippen LogP contribution in [0.15, 0.2) is 47.3 Å². The number of ether oxygens (including phenoxy) is 1. The molecule has 4 heterocycles. The van der Waals surface area contributed by atoms with Crippen LogP contribution in [0.3, 0.4) is 0 Å². The van der Waals surface area contributed by atoms with Crippen LogP contribution in [0.5, 0.6) is 0 Å². The molecule has 0 aromatic carbocycles. The van der Waals surface area contributed by atoms with E-state index in [1.165, 1.54) is 5.56 Å². The molecular weight excluding hydrogens is 318 g/mol. The molecule has 1 amide bonds. The summed E-state index contributed by atoms with van der Waals surface area (Å²) in [5.74, 6) is 0.405. The maximum absolute atomic E-state index is 12.9. The molecule has 0 spiro atoms. The molecule has 2 atom stereocenters. The number of likely N-dealkylation sites (tertiary alicyclic amines) is 1. The van der Waals surface area contributed by atoms with Crippen LogP contribution in [0.2, 0.25) is 0 Å². The van der Waals surface area contributed by atoms with Crippen LogP contribution in [0.1, 0.15) is 22.5 Å². The third-order valence-corrected chi connectivity index (χ3v) is 5.21. The van der Waals surface area contributed by atoms with Gasteiger partial charge in [0.2, 0.25) is 0 Å². The summed E-state index contributed by atoms with van der Waals surface area (Å²) in [6.45, 7) is 4.16. The number of hydrogen-bond acceptors (Lipinski definition) is 5. The summed E-state index contributed by atoms with van der Waals surface area (Å²) >= 11 is 0. The highest BCUT2D eigenvalue weighted by Gasteiger charge is 2.41. The fraction of sp³-hybridized carbons (Fsp3) is 0.474. The van der Waals surface area contributed by atoms with E-state index in [9.17, 15) is 4.79 Å². The molecule has 2 aliphatic rings. The highest BCUT2D eigenvalue weighted by molar-refractivity contribution is 5.92. The van der Waals surface area contributed by atoms with Gasteiger partial charge in [0.25, 0.3) is 5.91 Å². The topological polar surface area (TPSA) is 58.8 Å². The molecule has 0 aliphatic carbocycles. The Morgan fingerprint density at radius 2 is 1.96 bits per heavy atom. The van der Waals surface area contributed by atoms with Crippen molar-refractivity contribution in [2.45, 2.75) is 24.9 Å². The summed E-state index contributed by atoms with van der Waals surface area (Å²) in [7, 11) is 0. The van der Waals surface area contributed by atoms with Crippen molar-refractivity contribution in [3.63, 3.8) is 0 Å².